The molecule has 0 bridgehead atoms. The lowest BCUT2D eigenvalue weighted by Gasteiger charge is -2.32. The predicted molar refractivity (Wildman–Crippen MR) is 136 cm³/mol. The molecule has 0 spiro atoms. The lowest BCUT2D eigenvalue weighted by atomic mass is 9.99. The highest BCUT2D eigenvalue weighted by Crippen LogP contribution is 2.35. The molecule has 0 saturated carbocycles. The molecule has 1 aromatic carbocycles. The van der Waals surface area contributed by atoms with Crippen LogP contribution in [-0.4, -0.2) is 65.5 Å². The molecule has 5 rings (SSSR count). The molecule has 12 heteroatoms. The molecule has 4 heterocycles. The van der Waals surface area contributed by atoms with Gasteiger partial charge in [0.15, 0.2) is 18.2 Å². The SMILES string of the molecule is CNC(=O)COc1cc2cc(Nc3nc(N4CCCC(CO)C4)ncc3Cl)cc3c2n(c1=O)CCO3. The number of likely N-dealkylation sites (N-methyl/N-ethyl adjacent to an activating group) is 1. The highest BCUT2D eigenvalue weighted by Gasteiger charge is 2.23. The van der Waals surface area contributed by atoms with Gasteiger partial charge in [-0.1, -0.05) is 11.6 Å². The van der Waals surface area contributed by atoms with Crippen molar-refractivity contribution in [2.45, 2.75) is 19.4 Å². The molecule has 1 amide bonds. The third-order valence-corrected chi connectivity index (χ3v) is 6.66. The summed E-state index contributed by atoms with van der Waals surface area (Å²) in [5.74, 6) is 1.46. The fourth-order valence-corrected chi connectivity index (χ4v) is 4.70. The van der Waals surface area contributed by atoms with Crippen LogP contribution < -0.4 is 30.6 Å². The molecular formula is C24H27ClN6O5. The van der Waals surface area contributed by atoms with Crippen molar-refractivity contribution < 1.29 is 19.4 Å². The topological polar surface area (TPSA) is 131 Å². The van der Waals surface area contributed by atoms with Crippen molar-refractivity contribution in [3.63, 3.8) is 0 Å². The summed E-state index contributed by atoms with van der Waals surface area (Å²) < 4.78 is 13.0. The van der Waals surface area contributed by atoms with Gasteiger partial charge in [0, 0.05) is 43.9 Å². The largest absolute Gasteiger partial charge is 0.489 e. The van der Waals surface area contributed by atoms with Crippen LogP contribution in [0.5, 0.6) is 11.5 Å². The minimum absolute atomic E-state index is 0.0852. The second kappa shape index (κ2) is 10.2. The van der Waals surface area contributed by atoms with Crippen molar-refractivity contribution in [1.29, 1.82) is 0 Å². The highest BCUT2D eigenvalue weighted by molar-refractivity contribution is 6.32. The Morgan fingerprint density at radius 1 is 1.33 bits per heavy atom. The standard InChI is InChI=1S/C24H27ClN6O5/c1-26-20(33)13-36-19-8-15-7-16(9-18-21(15)31(23(19)34)5-6-35-18)28-22-17(25)10-27-24(29-22)30-4-2-3-14(11-30)12-32/h7-10,14,32H,2-6,11-13H2,1H3,(H,26,33)(H,27,28,29). The van der Waals surface area contributed by atoms with Crippen LogP contribution in [0.3, 0.4) is 0 Å². The Balaban J connectivity index is 1.48. The minimum Gasteiger partial charge on any atom is -0.489 e. The quantitative estimate of drug-likeness (QED) is 0.432. The number of rotatable bonds is 7. The number of aliphatic hydroxyl groups is 1. The van der Waals surface area contributed by atoms with Crippen LogP contribution in [0.4, 0.5) is 17.5 Å². The zero-order valence-electron chi connectivity index (χ0n) is 19.8. The summed E-state index contributed by atoms with van der Waals surface area (Å²) in [7, 11) is 1.50. The fraction of sp³-hybridized carbons (Fsp3) is 0.417. The van der Waals surface area contributed by atoms with E-state index in [4.69, 9.17) is 21.1 Å². The van der Waals surface area contributed by atoms with Crippen LogP contribution in [0.1, 0.15) is 12.8 Å². The molecule has 1 saturated heterocycles. The van der Waals surface area contributed by atoms with Gasteiger partial charge in [-0.15, -0.1) is 0 Å². The van der Waals surface area contributed by atoms with Crippen LogP contribution >= 0.6 is 11.6 Å². The summed E-state index contributed by atoms with van der Waals surface area (Å²) in [5.41, 5.74) is 0.991. The number of piperidine rings is 1. The number of nitrogens with zero attached hydrogens (tertiary/aromatic N) is 4. The lowest BCUT2D eigenvalue weighted by Crippen LogP contribution is -2.37. The third kappa shape index (κ3) is 4.76. The van der Waals surface area contributed by atoms with Gasteiger partial charge in [0.2, 0.25) is 5.95 Å². The molecule has 11 nitrogen and oxygen atoms in total. The molecular weight excluding hydrogens is 488 g/mol. The fourth-order valence-electron chi connectivity index (χ4n) is 4.56. The van der Waals surface area contributed by atoms with Gasteiger partial charge in [0.1, 0.15) is 17.4 Å². The zero-order chi connectivity index (χ0) is 25.2. The smallest absolute Gasteiger partial charge is 0.293 e. The maximum Gasteiger partial charge on any atom is 0.293 e. The van der Waals surface area contributed by atoms with E-state index in [-0.39, 0.29) is 36.3 Å². The van der Waals surface area contributed by atoms with E-state index in [1.54, 1.807) is 22.9 Å². The van der Waals surface area contributed by atoms with E-state index in [0.717, 1.165) is 19.4 Å². The Labute approximate surface area is 212 Å². The molecule has 1 atom stereocenters. The highest BCUT2D eigenvalue weighted by atomic mass is 35.5. The maximum atomic E-state index is 12.9. The van der Waals surface area contributed by atoms with Crippen molar-refractivity contribution in [2.75, 3.05) is 50.2 Å². The maximum absolute atomic E-state index is 12.9. The molecule has 2 aliphatic heterocycles. The van der Waals surface area contributed by atoms with Crippen molar-refractivity contribution >= 4 is 45.9 Å². The number of hydrogen-bond donors (Lipinski definition) is 3. The van der Waals surface area contributed by atoms with Gasteiger partial charge in [-0.2, -0.15) is 4.98 Å². The number of anilines is 3. The predicted octanol–water partition coefficient (Wildman–Crippen LogP) is 1.91. The first-order valence-electron chi connectivity index (χ1n) is 11.8. The molecule has 0 radical (unpaired) electrons. The summed E-state index contributed by atoms with van der Waals surface area (Å²) in [6.45, 7) is 2.06. The summed E-state index contributed by atoms with van der Waals surface area (Å²) >= 11 is 6.42. The zero-order valence-corrected chi connectivity index (χ0v) is 20.5. The molecule has 2 aromatic heterocycles. The molecule has 0 aliphatic carbocycles. The first-order valence-corrected chi connectivity index (χ1v) is 12.2. The number of benzene rings is 1. The number of amides is 1. The number of carbonyl (C=O) groups excluding carboxylic acids is 1. The van der Waals surface area contributed by atoms with Crippen LogP contribution in [-0.2, 0) is 11.3 Å². The van der Waals surface area contributed by atoms with Gasteiger partial charge in [-0.3, -0.25) is 14.2 Å². The van der Waals surface area contributed by atoms with Crippen molar-refractivity contribution in [3.05, 3.63) is 39.8 Å². The number of hydrogen-bond acceptors (Lipinski definition) is 9. The number of pyridine rings is 1. The molecule has 1 unspecified atom stereocenters. The number of aromatic nitrogens is 3. The Kier molecular flexibility index (Phi) is 6.84. The molecule has 1 fully saturated rings. The van der Waals surface area contributed by atoms with Gasteiger partial charge in [0.05, 0.1) is 18.3 Å². The summed E-state index contributed by atoms with van der Waals surface area (Å²) in [5, 5.41) is 16.3. The normalized spacial score (nSPS) is 17.0. The Morgan fingerprint density at radius 3 is 3.00 bits per heavy atom. The van der Waals surface area contributed by atoms with Crippen molar-refractivity contribution in [1.82, 2.24) is 19.9 Å². The molecule has 3 aromatic rings. The minimum atomic E-state index is -0.333. The Hall–Kier alpha value is -3.57. The Bertz CT molecular complexity index is 1360. The van der Waals surface area contributed by atoms with Crippen LogP contribution in [0.2, 0.25) is 5.02 Å². The third-order valence-electron chi connectivity index (χ3n) is 6.38. The van der Waals surface area contributed by atoms with Crippen LogP contribution in [0.25, 0.3) is 10.9 Å². The van der Waals surface area contributed by atoms with Crippen LogP contribution in [0, 0.1) is 5.92 Å². The molecule has 36 heavy (non-hydrogen) atoms. The van der Waals surface area contributed by atoms with E-state index in [0.29, 0.717) is 58.8 Å². The second-order valence-corrected chi connectivity index (χ2v) is 9.22. The van der Waals surface area contributed by atoms with Gasteiger partial charge >= 0.3 is 0 Å². The first-order chi connectivity index (χ1) is 17.5. The van der Waals surface area contributed by atoms with E-state index >= 15 is 0 Å². The number of ether oxygens (including phenoxy) is 2. The van der Waals surface area contributed by atoms with Crippen molar-refractivity contribution in [3.8, 4) is 11.5 Å². The first kappa shape index (κ1) is 24.1. The van der Waals surface area contributed by atoms with Crippen molar-refractivity contribution in [2.24, 2.45) is 5.92 Å². The van der Waals surface area contributed by atoms with E-state index < -0.39 is 0 Å². The lowest BCUT2D eigenvalue weighted by molar-refractivity contribution is -0.122. The van der Waals surface area contributed by atoms with E-state index in [1.807, 2.05) is 11.0 Å². The number of nitrogens with one attached hydrogen (secondary N) is 2. The molecule has 3 N–H and O–H groups in total. The average molecular weight is 515 g/mol. The molecule has 2 aliphatic rings. The van der Waals surface area contributed by atoms with E-state index in [9.17, 15) is 14.7 Å². The van der Waals surface area contributed by atoms with Crippen LogP contribution in [0.15, 0.2) is 29.2 Å². The van der Waals surface area contributed by atoms with Gasteiger partial charge in [-0.05, 0) is 30.9 Å². The Morgan fingerprint density at radius 2 is 2.19 bits per heavy atom. The van der Waals surface area contributed by atoms with E-state index in [1.165, 1.54) is 7.05 Å². The monoisotopic (exact) mass is 514 g/mol. The van der Waals surface area contributed by atoms with Gasteiger partial charge in [-0.25, -0.2) is 4.98 Å². The van der Waals surface area contributed by atoms with Gasteiger partial charge in [0.25, 0.3) is 11.5 Å². The number of aliphatic hydroxyl groups excluding tert-OH is 1. The van der Waals surface area contributed by atoms with E-state index in [2.05, 4.69) is 20.6 Å². The summed E-state index contributed by atoms with van der Waals surface area (Å²) in [6, 6.07) is 5.25. The van der Waals surface area contributed by atoms with Gasteiger partial charge < -0.3 is 30.1 Å². The number of carbonyl (C=O) groups is 1. The second-order valence-electron chi connectivity index (χ2n) is 8.82. The summed E-state index contributed by atoms with van der Waals surface area (Å²) in [4.78, 5) is 35.6. The summed E-state index contributed by atoms with van der Waals surface area (Å²) in [6.07, 6.45) is 3.49. The molecule has 190 valence electrons. The average Bonchev–Trinajstić information content (AvgIpc) is 2.90. The number of halogens is 1.